The molecule has 3 rings (SSSR count). The van der Waals surface area contributed by atoms with E-state index in [1.807, 2.05) is 26.0 Å². The first-order valence-corrected chi connectivity index (χ1v) is 9.45. The normalized spacial score (nSPS) is 9.93. The third-order valence-corrected chi connectivity index (χ3v) is 3.84. The summed E-state index contributed by atoms with van der Waals surface area (Å²) in [5.74, 6) is 1.40. The zero-order valence-corrected chi connectivity index (χ0v) is 17.1. The molecule has 1 N–H and O–H groups in total. The number of Topliss-reactive ketones (excluding diaryl/α,β-unsaturated/α-hetero) is 1. The summed E-state index contributed by atoms with van der Waals surface area (Å²) in [5.41, 5.74) is 1.89. The number of carbonyl (C=O) groups excluding carboxylic acids is 2. The highest BCUT2D eigenvalue weighted by Crippen LogP contribution is 2.21. The maximum absolute atomic E-state index is 12.1. The average molecular weight is 397 g/mol. The monoisotopic (exact) mass is 397 g/mol. The lowest BCUT2D eigenvalue weighted by Gasteiger charge is -2.08. The van der Waals surface area contributed by atoms with Gasteiger partial charge in [-0.15, -0.1) is 10.2 Å². The predicted octanol–water partition coefficient (Wildman–Crippen LogP) is 4.33. The summed E-state index contributed by atoms with van der Waals surface area (Å²) in [5, 5.41) is 10.5. The Labute approximate surface area is 171 Å². The van der Waals surface area contributed by atoms with Crippen LogP contribution < -0.4 is 10.1 Å². The molecule has 0 radical (unpaired) electrons. The molecular formula is C22H27N3O4. The molecule has 0 unspecified atom stereocenters. The van der Waals surface area contributed by atoms with Gasteiger partial charge in [0.05, 0.1) is 6.54 Å². The first-order chi connectivity index (χ1) is 14.0. The SMILES string of the molecule is CC.CC(=O)c1ccc(C(=O)NCCOc2ccc(-c3nnc(C)o3)cc2)cc1.[HH]. The molecule has 154 valence electrons. The second kappa shape index (κ2) is 10.8. The van der Waals surface area contributed by atoms with Crippen molar-refractivity contribution < 1.29 is 20.2 Å². The molecule has 3 aromatic rings. The summed E-state index contributed by atoms with van der Waals surface area (Å²) >= 11 is 0. The Morgan fingerprint density at radius 1 is 1.00 bits per heavy atom. The molecule has 0 bridgehead atoms. The van der Waals surface area contributed by atoms with Gasteiger partial charge in [-0.2, -0.15) is 0 Å². The summed E-state index contributed by atoms with van der Waals surface area (Å²) in [6, 6.07) is 13.8. The highest BCUT2D eigenvalue weighted by molar-refractivity contribution is 5.97. The molecule has 0 spiro atoms. The highest BCUT2D eigenvalue weighted by Gasteiger charge is 2.07. The number of nitrogens with zero attached hydrogens (tertiary/aromatic N) is 2. The van der Waals surface area contributed by atoms with Crippen molar-refractivity contribution in [2.45, 2.75) is 27.7 Å². The van der Waals surface area contributed by atoms with Gasteiger partial charge in [-0.3, -0.25) is 9.59 Å². The van der Waals surface area contributed by atoms with Crippen LogP contribution in [0.15, 0.2) is 52.9 Å². The number of benzene rings is 2. The lowest BCUT2D eigenvalue weighted by molar-refractivity contribution is 0.0945. The number of amides is 1. The molecule has 29 heavy (non-hydrogen) atoms. The number of aromatic nitrogens is 2. The van der Waals surface area contributed by atoms with Crippen molar-refractivity contribution in [1.29, 1.82) is 0 Å². The van der Waals surface area contributed by atoms with Gasteiger partial charge in [-0.25, -0.2) is 0 Å². The van der Waals surface area contributed by atoms with Crippen molar-refractivity contribution in [3.8, 4) is 17.2 Å². The molecule has 0 aliphatic rings. The Hall–Kier alpha value is -3.48. The van der Waals surface area contributed by atoms with Crippen LogP contribution in [0.2, 0.25) is 0 Å². The van der Waals surface area contributed by atoms with Crippen LogP contribution in [0.1, 0.15) is 48.8 Å². The number of ether oxygens (including phenoxy) is 1. The molecule has 1 aromatic heterocycles. The van der Waals surface area contributed by atoms with Gasteiger partial charge < -0.3 is 14.5 Å². The van der Waals surface area contributed by atoms with E-state index in [1.165, 1.54) is 6.92 Å². The van der Waals surface area contributed by atoms with E-state index in [4.69, 9.17) is 9.15 Å². The number of ketones is 1. The van der Waals surface area contributed by atoms with Gasteiger partial charge >= 0.3 is 0 Å². The molecular weight excluding hydrogens is 370 g/mol. The maximum atomic E-state index is 12.1. The number of hydrogen-bond acceptors (Lipinski definition) is 6. The van der Waals surface area contributed by atoms with Crippen molar-refractivity contribution in [3.05, 3.63) is 65.5 Å². The lowest BCUT2D eigenvalue weighted by atomic mass is 10.1. The van der Waals surface area contributed by atoms with E-state index in [2.05, 4.69) is 15.5 Å². The van der Waals surface area contributed by atoms with Crippen LogP contribution in [0.4, 0.5) is 0 Å². The minimum absolute atomic E-state index is 0. The van der Waals surface area contributed by atoms with E-state index in [0.29, 0.717) is 41.8 Å². The average Bonchev–Trinajstić information content (AvgIpc) is 3.19. The van der Waals surface area contributed by atoms with Crippen molar-refractivity contribution in [2.24, 2.45) is 0 Å². The quantitative estimate of drug-likeness (QED) is 0.471. The van der Waals surface area contributed by atoms with Gasteiger partial charge in [0.2, 0.25) is 11.8 Å². The number of nitrogens with one attached hydrogen (secondary N) is 1. The fraction of sp³-hybridized carbons (Fsp3) is 0.273. The Morgan fingerprint density at radius 3 is 2.17 bits per heavy atom. The molecule has 0 aliphatic heterocycles. The van der Waals surface area contributed by atoms with Gasteiger partial charge in [0, 0.05) is 25.0 Å². The fourth-order valence-corrected chi connectivity index (χ4v) is 2.40. The second-order valence-corrected chi connectivity index (χ2v) is 5.89. The van der Waals surface area contributed by atoms with E-state index >= 15 is 0 Å². The first-order valence-electron chi connectivity index (χ1n) is 9.45. The largest absolute Gasteiger partial charge is 0.492 e. The number of rotatable bonds is 7. The van der Waals surface area contributed by atoms with E-state index in [0.717, 1.165) is 5.56 Å². The zero-order valence-electron chi connectivity index (χ0n) is 17.1. The predicted molar refractivity (Wildman–Crippen MR) is 112 cm³/mol. The molecule has 1 heterocycles. The number of hydrogen-bond donors (Lipinski definition) is 1. The Morgan fingerprint density at radius 2 is 1.62 bits per heavy atom. The van der Waals surface area contributed by atoms with E-state index < -0.39 is 0 Å². The van der Waals surface area contributed by atoms with Gasteiger partial charge in [-0.1, -0.05) is 26.0 Å². The Kier molecular flexibility index (Phi) is 8.09. The van der Waals surface area contributed by atoms with Crippen LogP contribution in [0.25, 0.3) is 11.5 Å². The molecule has 2 aromatic carbocycles. The van der Waals surface area contributed by atoms with Crippen LogP contribution >= 0.6 is 0 Å². The van der Waals surface area contributed by atoms with E-state index in [1.54, 1.807) is 43.3 Å². The van der Waals surface area contributed by atoms with Gasteiger partial charge in [0.25, 0.3) is 5.91 Å². The maximum Gasteiger partial charge on any atom is 0.251 e. The highest BCUT2D eigenvalue weighted by atomic mass is 16.5. The molecule has 0 aliphatic carbocycles. The minimum Gasteiger partial charge on any atom is -0.492 e. The third kappa shape index (κ3) is 6.27. The van der Waals surface area contributed by atoms with Crippen LogP contribution in [0.5, 0.6) is 5.75 Å². The topological polar surface area (TPSA) is 94.3 Å². The smallest absolute Gasteiger partial charge is 0.251 e. The summed E-state index contributed by atoms with van der Waals surface area (Å²) in [7, 11) is 0. The van der Waals surface area contributed by atoms with Crippen molar-refractivity contribution in [1.82, 2.24) is 15.5 Å². The van der Waals surface area contributed by atoms with E-state index in [-0.39, 0.29) is 13.1 Å². The Bertz CT molecular complexity index is 938. The van der Waals surface area contributed by atoms with Crippen molar-refractivity contribution in [3.63, 3.8) is 0 Å². The molecule has 0 fully saturated rings. The number of aryl methyl sites for hydroxylation is 1. The van der Waals surface area contributed by atoms with Crippen LogP contribution in [0.3, 0.4) is 0 Å². The van der Waals surface area contributed by atoms with Crippen LogP contribution in [-0.4, -0.2) is 35.0 Å². The van der Waals surface area contributed by atoms with Gasteiger partial charge in [-0.05, 0) is 43.3 Å². The summed E-state index contributed by atoms with van der Waals surface area (Å²) in [6.07, 6.45) is 0. The summed E-state index contributed by atoms with van der Waals surface area (Å²) in [6.45, 7) is 7.91. The van der Waals surface area contributed by atoms with E-state index in [9.17, 15) is 9.59 Å². The molecule has 0 saturated heterocycles. The molecule has 0 saturated carbocycles. The molecule has 1 amide bonds. The van der Waals surface area contributed by atoms with Crippen molar-refractivity contribution >= 4 is 11.7 Å². The molecule has 0 atom stereocenters. The molecule has 7 nitrogen and oxygen atoms in total. The zero-order chi connectivity index (χ0) is 21.2. The lowest BCUT2D eigenvalue weighted by Crippen LogP contribution is -2.28. The van der Waals surface area contributed by atoms with Gasteiger partial charge in [0.15, 0.2) is 5.78 Å². The first kappa shape index (κ1) is 21.8. The minimum atomic E-state index is -0.212. The second-order valence-electron chi connectivity index (χ2n) is 5.89. The summed E-state index contributed by atoms with van der Waals surface area (Å²) < 4.78 is 11.0. The van der Waals surface area contributed by atoms with Crippen molar-refractivity contribution in [2.75, 3.05) is 13.2 Å². The third-order valence-electron chi connectivity index (χ3n) is 3.84. The number of carbonyl (C=O) groups is 2. The standard InChI is InChI=1S/C20H19N3O4.C2H6.H2/c1-13(24)15-3-5-16(6-4-15)19(25)21-11-12-26-18-9-7-17(8-10-18)20-23-22-14(2)27-20;1-2;/h3-10H,11-12H2,1-2H3,(H,21,25);1-2H3;1H. The molecule has 7 heteroatoms. The van der Waals surface area contributed by atoms with Crippen LogP contribution in [-0.2, 0) is 0 Å². The van der Waals surface area contributed by atoms with Crippen LogP contribution in [0, 0.1) is 6.92 Å². The Balaban J connectivity index is 0.00000146. The summed E-state index contributed by atoms with van der Waals surface area (Å²) in [4.78, 5) is 23.3. The van der Waals surface area contributed by atoms with Gasteiger partial charge in [0.1, 0.15) is 12.4 Å². The fourth-order valence-electron chi connectivity index (χ4n) is 2.40.